The van der Waals surface area contributed by atoms with E-state index >= 15 is 0 Å². The molecule has 0 unspecified atom stereocenters. The smallest absolute Gasteiger partial charge is 0.197 e. The molecule has 0 saturated carbocycles. The van der Waals surface area contributed by atoms with Crippen LogP contribution in [-0.4, -0.2) is 52.7 Å². The number of fused-ring (bicyclic) bond motifs is 10. The van der Waals surface area contributed by atoms with Crippen LogP contribution in [0.15, 0.2) is 418 Å². The number of nitrogens with zero attached hydrogens (tertiary/aromatic N) is 11. The summed E-state index contributed by atoms with van der Waals surface area (Å²) in [5.41, 5.74) is 16.9. The summed E-state index contributed by atoms with van der Waals surface area (Å²) >= 11 is 0. The molecule has 0 radical (unpaired) electrons. The SMILES string of the molecule is O=c1c2ccccc2n(-c2cccc(-c3nc(-c4cccc(-n5c6ccccc6c(=O)c6ccccc65)c4)nc(-c4cccc(-n5c6ccccc6c(=O)c6ccccc65)c4)n3)c2)c2ccccc12.O=c1c2ccccc2n(-c2cccc(-c3nc(-c4ccccc4)nc(-c4cccc(-n5c6ccccc6c(=O)c6ccccc65)c4)n3)c2)c2ccccc12. The second kappa shape index (κ2) is 29.8. The Labute approximate surface area is 699 Å². The highest BCUT2D eigenvalue weighted by molar-refractivity contribution is 6.01. The number of para-hydroxylation sites is 10. The van der Waals surface area contributed by atoms with Crippen LogP contribution in [0.4, 0.5) is 0 Å². The molecule has 7 aromatic heterocycles. The summed E-state index contributed by atoms with van der Waals surface area (Å²) < 4.78 is 10.6. The molecule has 16 aromatic carbocycles. The van der Waals surface area contributed by atoms with E-state index in [1.807, 2.05) is 364 Å². The maximum atomic E-state index is 13.8. The Bertz CT molecular complexity index is 7730. The van der Waals surface area contributed by atoms with E-state index in [2.05, 4.69) is 53.2 Å². The summed E-state index contributed by atoms with van der Waals surface area (Å²) in [5, 5.41) is 6.34. The molecule has 16 nitrogen and oxygen atoms in total. The minimum atomic E-state index is -0.0175. The van der Waals surface area contributed by atoms with Gasteiger partial charge in [0.05, 0.1) is 55.2 Å². The zero-order valence-electron chi connectivity index (χ0n) is 65.5. The van der Waals surface area contributed by atoms with Crippen LogP contribution in [0.2, 0.25) is 0 Å². The molecule has 0 bridgehead atoms. The lowest BCUT2D eigenvalue weighted by atomic mass is 10.1. The highest BCUT2D eigenvalue weighted by atomic mass is 16.1. The lowest BCUT2D eigenvalue weighted by Crippen LogP contribution is -2.10. The predicted molar refractivity (Wildman–Crippen MR) is 495 cm³/mol. The molecule has 0 aliphatic carbocycles. The molecule has 0 aliphatic rings. The largest absolute Gasteiger partial charge is 0.309 e. The summed E-state index contributed by atoms with van der Waals surface area (Å²) in [4.78, 5) is 99.1. The summed E-state index contributed by atoms with van der Waals surface area (Å²) in [6, 6.07) is 127. The average Bonchev–Trinajstić information content (AvgIpc) is 0.763. The van der Waals surface area contributed by atoms with Crippen LogP contribution in [0.25, 0.3) is 206 Å². The van der Waals surface area contributed by atoms with Gasteiger partial charge < -0.3 is 22.8 Å². The Morgan fingerprint density at radius 2 is 0.276 bits per heavy atom. The van der Waals surface area contributed by atoms with Crippen LogP contribution in [0.1, 0.15) is 0 Å². The number of hydrogen-bond donors (Lipinski definition) is 0. The monoisotopic (exact) mass is 1580 g/mol. The molecule has 0 atom stereocenters. The molecule has 0 amide bonds. The van der Waals surface area contributed by atoms with Crippen LogP contribution in [0.3, 0.4) is 0 Å². The standard InChI is InChI=1S/C60H36N6O3.C47H29N5O2/c67-55-43-22-1-7-28-49(43)64(50-29-8-2-23-44(50)55)40-19-13-16-37(34-40)58-61-59(38-17-14-20-41(35-38)65-51-30-9-3-24-45(51)56(68)46-25-4-10-31-52(46)65)63-60(62-58)39-18-15-21-42(36-39)66-53-32-11-5-26-47(53)57(69)48-27-6-12-33-54(48)66;53-43-35-20-4-8-24-39(35)51(40-25-9-5-21-36(40)43)33-18-12-16-31(28-33)46-48-45(30-14-2-1-3-15-30)49-47(50-46)32-17-13-19-34(29-32)52-41-26-10-6-22-37(41)44(54)38-23-7-11-27-42(38)52/h1-36H;1-29H. The normalized spacial score (nSPS) is 11.6. The molecular weight excluding hydrogens is 1520 g/mol. The van der Waals surface area contributed by atoms with Gasteiger partial charge in [-0.15, -0.1) is 0 Å². The molecule has 23 aromatic rings. The van der Waals surface area contributed by atoms with Crippen molar-refractivity contribution in [3.05, 3.63) is 445 Å². The van der Waals surface area contributed by atoms with Crippen molar-refractivity contribution in [1.82, 2.24) is 52.7 Å². The van der Waals surface area contributed by atoms with Crippen LogP contribution in [0.5, 0.6) is 0 Å². The Kier molecular flexibility index (Phi) is 17.5. The lowest BCUT2D eigenvalue weighted by molar-refractivity contribution is 1.07. The van der Waals surface area contributed by atoms with E-state index < -0.39 is 0 Å². The zero-order valence-corrected chi connectivity index (χ0v) is 65.5. The molecule has 123 heavy (non-hydrogen) atoms. The second-order valence-electron chi connectivity index (χ2n) is 30.2. The quantitative estimate of drug-likeness (QED) is 0.112. The van der Waals surface area contributed by atoms with Gasteiger partial charge in [0.1, 0.15) is 0 Å². The maximum absolute atomic E-state index is 13.8. The second-order valence-corrected chi connectivity index (χ2v) is 30.2. The van der Waals surface area contributed by atoms with E-state index in [1.54, 1.807) is 0 Å². The molecule has 16 heteroatoms. The number of rotatable bonds is 11. The van der Waals surface area contributed by atoms with E-state index in [9.17, 15) is 24.0 Å². The van der Waals surface area contributed by atoms with E-state index in [-0.39, 0.29) is 27.1 Å². The molecule has 0 spiro atoms. The highest BCUT2D eigenvalue weighted by Gasteiger charge is 2.23. The van der Waals surface area contributed by atoms with E-state index in [0.717, 1.165) is 117 Å². The van der Waals surface area contributed by atoms with Gasteiger partial charge in [-0.05, 0) is 182 Å². The molecule has 0 saturated heterocycles. The van der Waals surface area contributed by atoms with Gasteiger partial charge in [-0.3, -0.25) is 24.0 Å². The van der Waals surface area contributed by atoms with Crippen molar-refractivity contribution in [3.63, 3.8) is 0 Å². The summed E-state index contributed by atoms with van der Waals surface area (Å²) in [5.74, 6) is 2.91. The number of pyridine rings is 5. The molecule has 0 aliphatic heterocycles. The van der Waals surface area contributed by atoms with Gasteiger partial charge in [-0.1, -0.05) is 212 Å². The Morgan fingerprint density at radius 3 is 0.447 bits per heavy atom. The van der Waals surface area contributed by atoms with Crippen LogP contribution >= 0.6 is 0 Å². The first-order chi connectivity index (χ1) is 60.6. The van der Waals surface area contributed by atoms with Gasteiger partial charge in [-0.25, -0.2) is 29.9 Å². The topological polar surface area (TPSA) is 187 Å². The van der Waals surface area contributed by atoms with Crippen LogP contribution in [-0.2, 0) is 0 Å². The first kappa shape index (κ1) is 72.4. The van der Waals surface area contributed by atoms with Gasteiger partial charge in [0, 0.05) is 116 Å². The van der Waals surface area contributed by atoms with Crippen molar-refractivity contribution < 1.29 is 0 Å². The van der Waals surface area contributed by atoms with Crippen molar-refractivity contribution in [2.24, 2.45) is 0 Å². The zero-order chi connectivity index (χ0) is 82.3. The van der Waals surface area contributed by atoms with Crippen molar-refractivity contribution >= 4 is 109 Å². The third kappa shape index (κ3) is 12.4. The molecule has 578 valence electrons. The maximum Gasteiger partial charge on any atom is 0.197 e. The Morgan fingerprint density at radius 1 is 0.138 bits per heavy atom. The first-order valence-electron chi connectivity index (χ1n) is 40.3. The van der Waals surface area contributed by atoms with E-state index in [0.29, 0.717) is 88.8 Å². The minimum absolute atomic E-state index is 0.00794. The van der Waals surface area contributed by atoms with E-state index in [4.69, 9.17) is 29.9 Å². The highest BCUT2D eigenvalue weighted by Crippen LogP contribution is 2.37. The molecular formula is C107H65N11O5. The summed E-state index contributed by atoms with van der Waals surface area (Å²) in [6.45, 7) is 0. The minimum Gasteiger partial charge on any atom is -0.309 e. The fourth-order valence-electron chi connectivity index (χ4n) is 17.4. The predicted octanol–water partition coefficient (Wildman–Crippen LogP) is 22.0. The first-order valence-corrected chi connectivity index (χ1v) is 40.3. The molecule has 23 rings (SSSR count). The van der Waals surface area contributed by atoms with Crippen molar-refractivity contribution in [2.75, 3.05) is 0 Å². The lowest BCUT2D eigenvalue weighted by Gasteiger charge is -2.17. The van der Waals surface area contributed by atoms with Gasteiger partial charge >= 0.3 is 0 Å². The molecule has 0 fully saturated rings. The third-order valence-electron chi connectivity index (χ3n) is 23.0. The summed E-state index contributed by atoms with van der Waals surface area (Å²) in [6.07, 6.45) is 0. The number of hydrogen-bond acceptors (Lipinski definition) is 11. The van der Waals surface area contributed by atoms with Gasteiger partial charge in [0.2, 0.25) is 0 Å². The van der Waals surface area contributed by atoms with Crippen molar-refractivity contribution in [3.8, 4) is 96.8 Å². The van der Waals surface area contributed by atoms with Crippen molar-refractivity contribution in [1.29, 1.82) is 0 Å². The fourth-order valence-corrected chi connectivity index (χ4v) is 17.4. The Balaban J connectivity index is 0.000000151. The van der Waals surface area contributed by atoms with Gasteiger partial charge in [0.15, 0.2) is 62.1 Å². The third-order valence-corrected chi connectivity index (χ3v) is 23.0. The van der Waals surface area contributed by atoms with Gasteiger partial charge in [-0.2, -0.15) is 0 Å². The van der Waals surface area contributed by atoms with Gasteiger partial charge in [0.25, 0.3) is 0 Å². The summed E-state index contributed by atoms with van der Waals surface area (Å²) in [7, 11) is 0. The van der Waals surface area contributed by atoms with Crippen LogP contribution < -0.4 is 27.1 Å². The van der Waals surface area contributed by atoms with E-state index in [1.165, 1.54) is 0 Å². The van der Waals surface area contributed by atoms with Crippen LogP contribution in [0, 0.1) is 0 Å². The Hall–Kier alpha value is -17.1. The number of benzene rings is 16. The fraction of sp³-hybridized carbons (Fsp3) is 0. The number of aromatic nitrogens is 11. The van der Waals surface area contributed by atoms with Crippen molar-refractivity contribution in [2.45, 2.75) is 0 Å². The average molecular weight is 1580 g/mol. The molecule has 0 N–H and O–H groups in total. The molecule has 7 heterocycles.